The van der Waals surface area contributed by atoms with Crippen LogP contribution in [-0.2, 0) is 9.84 Å². The van der Waals surface area contributed by atoms with Crippen molar-refractivity contribution in [2.24, 2.45) is 17.8 Å². The predicted molar refractivity (Wildman–Crippen MR) is 88.9 cm³/mol. The average Bonchev–Trinajstić information content (AvgIpc) is 2.77. The number of amides is 2. The molecule has 1 heterocycles. The smallest absolute Gasteiger partial charge is 0.318 e. The van der Waals surface area contributed by atoms with Crippen molar-refractivity contribution in [2.45, 2.75) is 63.5 Å². The van der Waals surface area contributed by atoms with Crippen LogP contribution in [0, 0.1) is 17.8 Å². The molecule has 1 saturated heterocycles. The summed E-state index contributed by atoms with van der Waals surface area (Å²) in [5.74, 6) is 2.74. The van der Waals surface area contributed by atoms with Crippen molar-refractivity contribution in [2.75, 3.05) is 18.1 Å². The molecule has 0 aromatic rings. The minimum absolute atomic E-state index is 0.00324. The summed E-state index contributed by atoms with van der Waals surface area (Å²) < 4.78 is 23.5. The van der Waals surface area contributed by atoms with Crippen LogP contribution in [0.1, 0.15) is 51.9 Å². The van der Waals surface area contributed by atoms with E-state index in [1.165, 1.54) is 19.3 Å². The van der Waals surface area contributed by atoms with E-state index in [2.05, 4.69) is 5.32 Å². The van der Waals surface area contributed by atoms with Crippen LogP contribution in [0.15, 0.2) is 0 Å². The van der Waals surface area contributed by atoms with Gasteiger partial charge in [-0.25, -0.2) is 13.2 Å². The molecule has 4 aliphatic carbocycles. The molecular weight excluding hydrogens is 312 g/mol. The van der Waals surface area contributed by atoms with Crippen molar-refractivity contribution < 1.29 is 13.2 Å². The number of carbonyl (C=O) groups is 1. The molecule has 5 aliphatic rings. The average molecular weight is 340 g/mol. The minimum atomic E-state index is -2.96. The van der Waals surface area contributed by atoms with E-state index in [0.717, 1.165) is 37.0 Å². The Morgan fingerprint density at radius 1 is 1.13 bits per heavy atom. The molecule has 23 heavy (non-hydrogen) atoms. The fraction of sp³-hybridized carbons (Fsp3) is 0.941. The predicted octanol–water partition coefficient (Wildman–Crippen LogP) is 2.17. The van der Waals surface area contributed by atoms with Gasteiger partial charge in [-0.05, 0) is 69.6 Å². The summed E-state index contributed by atoms with van der Waals surface area (Å²) in [5.41, 5.74) is -0.00324. The van der Waals surface area contributed by atoms with Crippen molar-refractivity contribution in [1.82, 2.24) is 10.2 Å². The van der Waals surface area contributed by atoms with Gasteiger partial charge in [0, 0.05) is 18.1 Å². The van der Waals surface area contributed by atoms with E-state index in [1.807, 2.05) is 6.92 Å². The molecule has 5 rings (SSSR count). The Bertz CT molecular complexity index is 566. The lowest BCUT2D eigenvalue weighted by molar-refractivity contribution is -0.0161. The molecule has 2 amide bonds. The molecule has 5 nitrogen and oxygen atoms in total. The molecule has 5 fully saturated rings. The SMILES string of the molecule is CCN(C(=O)NC12CC3CC(CC(C3)C1)C2)C1CCS(=O)(=O)C1. The van der Waals surface area contributed by atoms with E-state index in [4.69, 9.17) is 0 Å². The molecule has 0 radical (unpaired) electrons. The van der Waals surface area contributed by atoms with Crippen molar-refractivity contribution in [1.29, 1.82) is 0 Å². The third kappa shape index (κ3) is 2.87. The second kappa shape index (κ2) is 5.36. The van der Waals surface area contributed by atoms with Crippen molar-refractivity contribution in [3.63, 3.8) is 0 Å². The first-order valence-electron chi connectivity index (χ1n) is 9.17. The highest BCUT2D eigenvalue weighted by molar-refractivity contribution is 7.91. The first kappa shape index (κ1) is 15.7. The summed E-state index contributed by atoms with van der Waals surface area (Å²) in [6, 6.07) is -0.171. The van der Waals surface area contributed by atoms with Gasteiger partial charge in [0.05, 0.1) is 11.5 Å². The van der Waals surface area contributed by atoms with Gasteiger partial charge in [0.25, 0.3) is 0 Å². The highest BCUT2D eigenvalue weighted by Crippen LogP contribution is 2.55. The number of rotatable bonds is 3. The Balaban J connectivity index is 1.46. The number of urea groups is 1. The standard InChI is InChI=1S/C17H28N2O3S/c1-2-19(15-3-4-23(21,22)11-15)16(20)18-17-8-12-5-13(9-17)7-14(6-12)10-17/h12-15H,2-11H2,1H3,(H,18,20). The molecule has 0 aromatic carbocycles. The normalized spacial score (nSPS) is 43.5. The lowest BCUT2D eigenvalue weighted by Crippen LogP contribution is -2.62. The molecule has 0 aromatic heterocycles. The highest BCUT2D eigenvalue weighted by atomic mass is 32.2. The Labute approximate surface area is 139 Å². The monoisotopic (exact) mass is 340 g/mol. The third-order valence-electron chi connectivity index (χ3n) is 6.66. The minimum Gasteiger partial charge on any atom is -0.333 e. The number of nitrogens with zero attached hydrogens (tertiary/aromatic N) is 1. The number of sulfone groups is 1. The third-order valence-corrected chi connectivity index (χ3v) is 8.41. The molecular formula is C17H28N2O3S. The number of hydrogen-bond donors (Lipinski definition) is 1. The van der Waals surface area contributed by atoms with Crippen LogP contribution < -0.4 is 5.32 Å². The molecule has 0 spiro atoms. The van der Waals surface area contributed by atoms with Crippen LogP contribution in [-0.4, -0.2) is 49.0 Å². The largest absolute Gasteiger partial charge is 0.333 e. The fourth-order valence-electron chi connectivity index (χ4n) is 6.15. The Morgan fingerprint density at radius 2 is 1.70 bits per heavy atom. The summed E-state index contributed by atoms with van der Waals surface area (Å²) in [6.07, 6.45) is 8.04. The van der Waals surface area contributed by atoms with E-state index in [1.54, 1.807) is 4.90 Å². The summed E-state index contributed by atoms with van der Waals surface area (Å²) >= 11 is 0. The fourth-order valence-corrected chi connectivity index (χ4v) is 7.88. The van der Waals surface area contributed by atoms with Gasteiger partial charge in [-0.15, -0.1) is 0 Å². The van der Waals surface area contributed by atoms with Gasteiger partial charge < -0.3 is 10.2 Å². The van der Waals surface area contributed by atoms with Crippen molar-refractivity contribution in [3.05, 3.63) is 0 Å². The molecule has 4 saturated carbocycles. The van der Waals surface area contributed by atoms with Crippen molar-refractivity contribution in [3.8, 4) is 0 Å². The highest BCUT2D eigenvalue weighted by Gasteiger charge is 2.52. The van der Waals surface area contributed by atoms with Gasteiger partial charge >= 0.3 is 6.03 Å². The zero-order valence-corrected chi connectivity index (χ0v) is 14.8. The zero-order chi connectivity index (χ0) is 16.2. The number of hydrogen-bond acceptors (Lipinski definition) is 3. The van der Waals surface area contributed by atoms with Crippen LogP contribution >= 0.6 is 0 Å². The van der Waals surface area contributed by atoms with Gasteiger partial charge in [0.2, 0.25) is 0 Å². The molecule has 6 heteroatoms. The van der Waals surface area contributed by atoms with Crippen LogP contribution in [0.2, 0.25) is 0 Å². The van der Waals surface area contributed by atoms with Gasteiger partial charge in [0.1, 0.15) is 0 Å². The quantitative estimate of drug-likeness (QED) is 0.856. The summed E-state index contributed by atoms with van der Waals surface area (Å²) in [5, 5.41) is 3.37. The van der Waals surface area contributed by atoms with Crippen LogP contribution in [0.25, 0.3) is 0 Å². The van der Waals surface area contributed by atoms with Crippen molar-refractivity contribution >= 4 is 15.9 Å². The van der Waals surface area contributed by atoms with E-state index < -0.39 is 9.84 Å². The number of nitrogens with one attached hydrogen (secondary N) is 1. The maximum absolute atomic E-state index is 12.9. The summed E-state index contributed by atoms with van der Waals surface area (Å²) in [4.78, 5) is 14.6. The Kier molecular flexibility index (Phi) is 3.67. The van der Waals surface area contributed by atoms with Gasteiger partial charge in [0.15, 0.2) is 9.84 Å². The second-order valence-electron chi connectivity index (χ2n) is 8.47. The topological polar surface area (TPSA) is 66.5 Å². The van der Waals surface area contributed by atoms with E-state index in [0.29, 0.717) is 13.0 Å². The first-order chi connectivity index (χ1) is 10.9. The van der Waals surface area contributed by atoms with Gasteiger partial charge in [-0.1, -0.05) is 0 Å². The lowest BCUT2D eigenvalue weighted by atomic mass is 9.53. The summed E-state index contributed by atoms with van der Waals surface area (Å²) in [7, 11) is -2.96. The van der Waals surface area contributed by atoms with E-state index >= 15 is 0 Å². The van der Waals surface area contributed by atoms with Gasteiger partial charge in [-0.3, -0.25) is 0 Å². The molecule has 1 N–H and O–H groups in total. The Hall–Kier alpha value is -0.780. The summed E-state index contributed by atoms with van der Waals surface area (Å²) in [6.45, 7) is 2.53. The second-order valence-corrected chi connectivity index (χ2v) is 10.7. The van der Waals surface area contributed by atoms with Crippen LogP contribution in [0.3, 0.4) is 0 Å². The van der Waals surface area contributed by atoms with Crippen LogP contribution in [0.4, 0.5) is 4.79 Å². The molecule has 1 unspecified atom stereocenters. The zero-order valence-electron chi connectivity index (χ0n) is 14.0. The van der Waals surface area contributed by atoms with E-state index in [-0.39, 0.29) is 29.1 Å². The van der Waals surface area contributed by atoms with Crippen LogP contribution in [0.5, 0.6) is 0 Å². The van der Waals surface area contributed by atoms with Gasteiger partial charge in [-0.2, -0.15) is 0 Å². The molecule has 130 valence electrons. The molecule has 1 aliphatic heterocycles. The first-order valence-corrected chi connectivity index (χ1v) is 11.0. The molecule has 4 bridgehead atoms. The maximum Gasteiger partial charge on any atom is 0.318 e. The lowest BCUT2D eigenvalue weighted by Gasteiger charge is -2.57. The Morgan fingerprint density at radius 3 is 2.13 bits per heavy atom. The number of carbonyl (C=O) groups excluding carboxylic acids is 1. The van der Waals surface area contributed by atoms with E-state index in [9.17, 15) is 13.2 Å². The maximum atomic E-state index is 12.9. The molecule has 1 atom stereocenters.